The number of sulfonamides is 1. The van der Waals surface area contributed by atoms with Crippen LogP contribution in [-0.2, 0) is 16.4 Å². The standard InChI is InChI=1S/C28H26N2O3S/c1-20-14-16-24(17-15-20)34(32,33)30(3)27-18-21(2)25(19-26(31)22-10-6-4-7-11-22)28(29-27)23-12-8-5-9-13-23/h4-18H,19H2,1-3H3. The van der Waals surface area contributed by atoms with Crippen molar-refractivity contribution in [2.45, 2.75) is 25.2 Å². The highest BCUT2D eigenvalue weighted by molar-refractivity contribution is 7.92. The van der Waals surface area contributed by atoms with Crippen LogP contribution in [-0.4, -0.2) is 26.2 Å². The highest BCUT2D eigenvalue weighted by Crippen LogP contribution is 2.31. The summed E-state index contributed by atoms with van der Waals surface area (Å²) in [6, 6.07) is 27.1. The highest BCUT2D eigenvalue weighted by atomic mass is 32.2. The molecule has 172 valence electrons. The monoisotopic (exact) mass is 470 g/mol. The Bertz CT molecular complexity index is 1420. The fourth-order valence-electron chi connectivity index (χ4n) is 3.78. The molecule has 0 unspecified atom stereocenters. The number of pyridine rings is 1. The van der Waals surface area contributed by atoms with Crippen LogP contribution < -0.4 is 4.31 Å². The van der Waals surface area contributed by atoms with E-state index >= 15 is 0 Å². The maximum atomic E-state index is 13.3. The van der Waals surface area contributed by atoms with E-state index < -0.39 is 10.0 Å². The van der Waals surface area contributed by atoms with E-state index in [1.54, 1.807) is 42.5 Å². The molecular weight excluding hydrogens is 444 g/mol. The fraction of sp³-hybridized carbons (Fsp3) is 0.143. The van der Waals surface area contributed by atoms with Gasteiger partial charge in [0.1, 0.15) is 5.82 Å². The van der Waals surface area contributed by atoms with Crippen LogP contribution in [0, 0.1) is 13.8 Å². The number of anilines is 1. The third-order valence-electron chi connectivity index (χ3n) is 5.82. The number of nitrogens with zero attached hydrogens (tertiary/aromatic N) is 2. The van der Waals surface area contributed by atoms with E-state index in [0.717, 1.165) is 22.3 Å². The van der Waals surface area contributed by atoms with Gasteiger partial charge in [0.2, 0.25) is 0 Å². The molecular formula is C28H26N2O3S. The third kappa shape index (κ3) is 4.77. The molecule has 4 rings (SSSR count). The van der Waals surface area contributed by atoms with Gasteiger partial charge in [0.05, 0.1) is 10.6 Å². The first kappa shape index (κ1) is 23.4. The van der Waals surface area contributed by atoms with Crippen molar-refractivity contribution in [3.63, 3.8) is 0 Å². The lowest BCUT2D eigenvalue weighted by atomic mass is 9.95. The quantitative estimate of drug-likeness (QED) is 0.329. The molecule has 0 bridgehead atoms. The summed E-state index contributed by atoms with van der Waals surface area (Å²) in [4.78, 5) is 18.0. The molecule has 1 heterocycles. The summed E-state index contributed by atoms with van der Waals surface area (Å²) in [7, 11) is -2.30. The van der Waals surface area contributed by atoms with Gasteiger partial charge in [-0.1, -0.05) is 78.4 Å². The maximum Gasteiger partial charge on any atom is 0.265 e. The van der Waals surface area contributed by atoms with E-state index in [-0.39, 0.29) is 17.1 Å². The van der Waals surface area contributed by atoms with E-state index in [1.165, 1.54) is 11.4 Å². The van der Waals surface area contributed by atoms with Crippen LogP contribution in [0.4, 0.5) is 5.82 Å². The van der Waals surface area contributed by atoms with E-state index in [9.17, 15) is 13.2 Å². The Morgan fingerprint density at radius 2 is 1.44 bits per heavy atom. The number of hydrogen-bond acceptors (Lipinski definition) is 4. The van der Waals surface area contributed by atoms with Gasteiger partial charge in [0, 0.05) is 24.6 Å². The van der Waals surface area contributed by atoms with Gasteiger partial charge in [0.25, 0.3) is 10.0 Å². The highest BCUT2D eigenvalue weighted by Gasteiger charge is 2.25. The zero-order valence-corrected chi connectivity index (χ0v) is 20.2. The van der Waals surface area contributed by atoms with Crippen LogP contribution in [0.25, 0.3) is 11.3 Å². The Balaban J connectivity index is 1.79. The molecule has 0 saturated carbocycles. The van der Waals surface area contributed by atoms with Gasteiger partial charge in [-0.25, -0.2) is 13.4 Å². The van der Waals surface area contributed by atoms with Crippen LogP contribution in [0.2, 0.25) is 0 Å². The van der Waals surface area contributed by atoms with Crippen LogP contribution in [0.15, 0.2) is 95.9 Å². The first-order valence-electron chi connectivity index (χ1n) is 11.0. The van der Waals surface area contributed by atoms with Crippen molar-refractivity contribution >= 4 is 21.6 Å². The molecule has 0 aliphatic rings. The van der Waals surface area contributed by atoms with E-state index in [4.69, 9.17) is 4.98 Å². The number of hydrogen-bond donors (Lipinski definition) is 0. The van der Waals surface area contributed by atoms with Crippen LogP contribution in [0.3, 0.4) is 0 Å². The second-order valence-electron chi connectivity index (χ2n) is 8.24. The molecule has 1 aromatic heterocycles. The molecule has 0 aliphatic carbocycles. The second-order valence-corrected chi connectivity index (χ2v) is 10.2. The van der Waals surface area contributed by atoms with Crippen molar-refractivity contribution in [2.24, 2.45) is 0 Å². The molecule has 6 heteroatoms. The van der Waals surface area contributed by atoms with Crippen LogP contribution >= 0.6 is 0 Å². The number of benzene rings is 3. The predicted octanol–water partition coefficient (Wildman–Crippen LogP) is 5.62. The van der Waals surface area contributed by atoms with Gasteiger partial charge in [-0.05, 0) is 43.2 Å². The minimum Gasteiger partial charge on any atom is -0.294 e. The summed E-state index contributed by atoms with van der Waals surface area (Å²) < 4.78 is 27.8. The Labute approximate surface area is 200 Å². The number of aromatic nitrogens is 1. The molecule has 0 N–H and O–H groups in total. The number of carbonyl (C=O) groups excluding carboxylic acids is 1. The first-order chi connectivity index (χ1) is 16.3. The molecule has 0 saturated heterocycles. The molecule has 34 heavy (non-hydrogen) atoms. The summed E-state index contributed by atoms with van der Waals surface area (Å²) >= 11 is 0. The van der Waals surface area contributed by atoms with Crippen molar-refractivity contribution < 1.29 is 13.2 Å². The number of Topliss-reactive ketones (excluding diaryl/α,β-unsaturated/α-hetero) is 1. The summed E-state index contributed by atoms with van der Waals surface area (Å²) in [5.74, 6) is 0.281. The molecule has 0 aliphatic heterocycles. The lowest BCUT2D eigenvalue weighted by Gasteiger charge is -2.22. The Morgan fingerprint density at radius 1 is 0.853 bits per heavy atom. The van der Waals surface area contributed by atoms with Crippen LogP contribution in [0.5, 0.6) is 0 Å². The molecule has 5 nitrogen and oxygen atoms in total. The van der Waals surface area contributed by atoms with Crippen molar-refractivity contribution in [3.8, 4) is 11.3 Å². The third-order valence-corrected chi connectivity index (χ3v) is 7.59. The molecule has 4 aromatic rings. The number of rotatable bonds is 7. The van der Waals surface area contributed by atoms with Crippen LogP contribution in [0.1, 0.15) is 27.0 Å². The first-order valence-corrected chi connectivity index (χ1v) is 12.4. The normalized spacial score (nSPS) is 11.3. The second kappa shape index (κ2) is 9.61. The van der Waals surface area contributed by atoms with Gasteiger partial charge >= 0.3 is 0 Å². The topological polar surface area (TPSA) is 67.3 Å². The largest absolute Gasteiger partial charge is 0.294 e. The van der Waals surface area contributed by atoms with E-state index in [0.29, 0.717) is 17.1 Å². The Morgan fingerprint density at radius 3 is 2.06 bits per heavy atom. The molecule has 0 amide bonds. The Kier molecular flexibility index (Phi) is 6.61. The minimum absolute atomic E-state index is 0.0175. The van der Waals surface area contributed by atoms with Crippen molar-refractivity contribution in [1.29, 1.82) is 0 Å². The van der Waals surface area contributed by atoms with Crippen molar-refractivity contribution in [3.05, 3.63) is 113 Å². The zero-order valence-electron chi connectivity index (χ0n) is 19.4. The molecule has 3 aromatic carbocycles. The van der Waals surface area contributed by atoms with Gasteiger partial charge < -0.3 is 0 Å². The molecule has 0 spiro atoms. The van der Waals surface area contributed by atoms with E-state index in [1.807, 2.05) is 62.4 Å². The lowest BCUT2D eigenvalue weighted by molar-refractivity contribution is 0.0992. The van der Waals surface area contributed by atoms with Gasteiger partial charge in [-0.15, -0.1) is 0 Å². The smallest absolute Gasteiger partial charge is 0.265 e. The number of carbonyl (C=O) groups is 1. The van der Waals surface area contributed by atoms with Crippen molar-refractivity contribution in [1.82, 2.24) is 4.98 Å². The summed E-state index contributed by atoms with van der Waals surface area (Å²) in [5.41, 5.74) is 4.62. The van der Waals surface area contributed by atoms with Crippen molar-refractivity contribution in [2.75, 3.05) is 11.4 Å². The lowest BCUT2D eigenvalue weighted by Crippen LogP contribution is -2.28. The number of ketones is 1. The SMILES string of the molecule is Cc1ccc(S(=O)(=O)N(C)c2cc(C)c(CC(=O)c3ccccc3)c(-c3ccccc3)n2)cc1. The zero-order chi connectivity index (χ0) is 24.3. The van der Waals surface area contributed by atoms with E-state index in [2.05, 4.69) is 0 Å². The fourth-order valence-corrected chi connectivity index (χ4v) is 4.92. The number of aryl methyl sites for hydroxylation is 2. The van der Waals surface area contributed by atoms with Gasteiger partial charge in [-0.3, -0.25) is 9.10 Å². The predicted molar refractivity (Wildman–Crippen MR) is 136 cm³/mol. The van der Waals surface area contributed by atoms with Gasteiger partial charge in [-0.2, -0.15) is 0 Å². The Hall–Kier alpha value is -3.77. The molecule has 0 atom stereocenters. The molecule has 0 fully saturated rings. The summed E-state index contributed by atoms with van der Waals surface area (Å²) in [5, 5.41) is 0. The van der Waals surface area contributed by atoms with Gasteiger partial charge in [0.15, 0.2) is 5.78 Å². The summed E-state index contributed by atoms with van der Waals surface area (Å²) in [6.07, 6.45) is 0.168. The molecule has 0 radical (unpaired) electrons. The average molecular weight is 471 g/mol. The minimum atomic E-state index is -3.80. The summed E-state index contributed by atoms with van der Waals surface area (Å²) in [6.45, 7) is 3.80. The maximum absolute atomic E-state index is 13.3. The average Bonchev–Trinajstić information content (AvgIpc) is 2.86.